The van der Waals surface area contributed by atoms with E-state index in [1.165, 1.54) is 0 Å². The van der Waals surface area contributed by atoms with Crippen molar-refractivity contribution in [3.8, 4) is 0 Å². The number of amides is 3. The lowest BCUT2D eigenvalue weighted by Crippen LogP contribution is -2.32. The molecule has 1 aliphatic heterocycles. The molecular weight excluding hydrogens is 485 g/mol. The summed E-state index contributed by atoms with van der Waals surface area (Å²) in [5.74, 6) is -1.31. The second-order valence-electron chi connectivity index (χ2n) is 8.42. The number of nitrogens with one attached hydrogen (secondary N) is 2. The van der Waals surface area contributed by atoms with Crippen molar-refractivity contribution in [3.05, 3.63) is 99.2 Å². The SMILES string of the molecule is Cc1c(Cl)cccc1N1C(=O)C(Cl)=C(Nc2cccc(C(=O)Nc3ccccc3C(C)C)c2)C1=O. The average molecular weight is 508 g/mol. The maximum atomic E-state index is 13.1. The highest BCUT2D eigenvalue weighted by Crippen LogP contribution is 2.34. The van der Waals surface area contributed by atoms with Gasteiger partial charge in [0.1, 0.15) is 10.7 Å². The van der Waals surface area contributed by atoms with Crippen LogP contribution in [0.5, 0.6) is 0 Å². The van der Waals surface area contributed by atoms with E-state index in [0.29, 0.717) is 27.5 Å². The molecule has 35 heavy (non-hydrogen) atoms. The molecule has 8 heteroatoms. The molecule has 0 saturated heterocycles. The van der Waals surface area contributed by atoms with Gasteiger partial charge in [0.25, 0.3) is 17.7 Å². The van der Waals surface area contributed by atoms with Gasteiger partial charge >= 0.3 is 0 Å². The van der Waals surface area contributed by atoms with E-state index in [4.69, 9.17) is 23.2 Å². The first-order chi connectivity index (χ1) is 16.7. The van der Waals surface area contributed by atoms with E-state index in [0.717, 1.165) is 16.2 Å². The molecule has 0 unspecified atom stereocenters. The molecule has 2 N–H and O–H groups in total. The van der Waals surface area contributed by atoms with E-state index in [1.807, 2.05) is 24.3 Å². The largest absolute Gasteiger partial charge is 0.350 e. The molecule has 1 heterocycles. The molecule has 0 fully saturated rings. The van der Waals surface area contributed by atoms with E-state index in [2.05, 4.69) is 24.5 Å². The number of hydrogen-bond acceptors (Lipinski definition) is 4. The molecule has 0 bridgehead atoms. The molecule has 0 atom stereocenters. The number of halogens is 2. The van der Waals surface area contributed by atoms with Gasteiger partial charge in [-0.05, 0) is 60.4 Å². The number of para-hydroxylation sites is 1. The first-order valence-corrected chi connectivity index (χ1v) is 11.8. The minimum Gasteiger partial charge on any atom is -0.350 e. The molecule has 6 nitrogen and oxygen atoms in total. The van der Waals surface area contributed by atoms with E-state index < -0.39 is 11.8 Å². The number of imide groups is 1. The van der Waals surface area contributed by atoms with Crippen molar-refractivity contribution in [1.82, 2.24) is 0 Å². The van der Waals surface area contributed by atoms with E-state index in [-0.39, 0.29) is 22.6 Å². The predicted octanol–water partition coefficient (Wildman–Crippen LogP) is 6.46. The Morgan fingerprint density at radius 3 is 2.37 bits per heavy atom. The van der Waals surface area contributed by atoms with Gasteiger partial charge in [-0.2, -0.15) is 0 Å². The monoisotopic (exact) mass is 507 g/mol. The molecule has 3 amide bonds. The maximum absolute atomic E-state index is 13.1. The summed E-state index contributed by atoms with van der Waals surface area (Å²) in [6.45, 7) is 5.83. The number of carbonyl (C=O) groups excluding carboxylic acids is 3. The molecule has 0 aliphatic carbocycles. The quantitative estimate of drug-likeness (QED) is 0.375. The minimum absolute atomic E-state index is 0.0706. The van der Waals surface area contributed by atoms with Gasteiger partial charge in [-0.25, -0.2) is 4.90 Å². The van der Waals surface area contributed by atoms with Crippen LogP contribution in [0.3, 0.4) is 0 Å². The Labute approximate surface area is 213 Å². The first kappa shape index (κ1) is 24.5. The van der Waals surface area contributed by atoms with Crippen molar-refractivity contribution < 1.29 is 14.4 Å². The Balaban J connectivity index is 1.57. The molecule has 4 rings (SSSR count). The predicted molar refractivity (Wildman–Crippen MR) is 140 cm³/mol. The lowest BCUT2D eigenvalue weighted by atomic mass is 10.0. The van der Waals surface area contributed by atoms with E-state index >= 15 is 0 Å². The van der Waals surface area contributed by atoms with Crippen molar-refractivity contribution >= 4 is 58.0 Å². The highest BCUT2D eigenvalue weighted by Gasteiger charge is 2.39. The molecular formula is C27H23Cl2N3O3. The Kier molecular flexibility index (Phi) is 6.96. The third-order valence-electron chi connectivity index (χ3n) is 5.73. The number of nitrogens with zero attached hydrogens (tertiary/aromatic N) is 1. The van der Waals surface area contributed by atoms with Crippen LogP contribution in [0, 0.1) is 6.92 Å². The average Bonchev–Trinajstić information content (AvgIpc) is 3.04. The topological polar surface area (TPSA) is 78.5 Å². The molecule has 0 radical (unpaired) electrons. The molecule has 3 aromatic carbocycles. The molecule has 178 valence electrons. The number of benzene rings is 3. The van der Waals surface area contributed by atoms with Gasteiger partial charge in [-0.1, -0.05) is 67.4 Å². The second-order valence-corrected chi connectivity index (χ2v) is 9.21. The summed E-state index contributed by atoms with van der Waals surface area (Å²) < 4.78 is 0. The molecule has 1 aliphatic rings. The molecule has 0 spiro atoms. The van der Waals surface area contributed by atoms with Gasteiger partial charge in [0, 0.05) is 22.0 Å². The Hall–Kier alpha value is -3.61. The third kappa shape index (κ3) is 4.81. The third-order valence-corrected chi connectivity index (χ3v) is 6.49. The normalized spacial score (nSPS) is 13.6. The fourth-order valence-electron chi connectivity index (χ4n) is 3.86. The van der Waals surface area contributed by atoms with Crippen molar-refractivity contribution in [2.75, 3.05) is 15.5 Å². The van der Waals surface area contributed by atoms with Crippen LogP contribution in [0.2, 0.25) is 5.02 Å². The van der Waals surface area contributed by atoms with E-state index in [1.54, 1.807) is 49.4 Å². The number of anilines is 3. The van der Waals surface area contributed by atoms with Crippen molar-refractivity contribution in [2.45, 2.75) is 26.7 Å². The van der Waals surface area contributed by atoms with Crippen LogP contribution in [0.25, 0.3) is 0 Å². The smallest absolute Gasteiger partial charge is 0.283 e. The Morgan fingerprint density at radius 2 is 1.63 bits per heavy atom. The Morgan fingerprint density at radius 1 is 0.914 bits per heavy atom. The summed E-state index contributed by atoms with van der Waals surface area (Å²) in [6.07, 6.45) is 0. The van der Waals surface area contributed by atoms with Crippen LogP contribution in [0.15, 0.2) is 77.5 Å². The van der Waals surface area contributed by atoms with Crippen LogP contribution in [-0.2, 0) is 9.59 Å². The fourth-order valence-corrected chi connectivity index (χ4v) is 4.24. The lowest BCUT2D eigenvalue weighted by molar-refractivity contribution is -0.120. The highest BCUT2D eigenvalue weighted by molar-refractivity contribution is 6.53. The minimum atomic E-state index is -0.649. The lowest BCUT2D eigenvalue weighted by Gasteiger charge is -2.18. The molecule has 0 saturated carbocycles. The summed E-state index contributed by atoms with van der Waals surface area (Å²) >= 11 is 12.4. The second kappa shape index (κ2) is 9.94. The summed E-state index contributed by atoms with van der Waals surface area (Å²) in [5.41, 5.74) is 3.46. The molecule has 3 aromatic rings. The maximum Gasteiger partial charge on any atom is 0.283 e. The zero-order valence-corrected chi connectivity index (χ0v) is 20.9. The van der Waals surface area contributed by atoms with Gasteiger partial charge in [-0.3, -0.25) is 14.4 Å². The highest BCUT2D eigenvalue weighted by atomic mass is 35.5. The zero-order valence-electron chi connectivity index (χ0n) is 19.4. The summed E-state index contributed by atoms with van der Waals surface area (Å²) in [5, 5.41) is 6.05. The zero-order chi connectivity index (χ0) is 25.3. The summed E-state index contributed by atoms with van der Waals surface area (Å²) in [7, 11) is 0. The summed E-state index contributed by atoms with van der Waals surface area (Å²) in [6, 6.07) is 19.2. The van der Waals surface area contributed by atoms with Crippen LogP contribution in [0.1, 0.15) is 41.3 Å². The van der Waals surface area contributed by atoms with Crippen LogP contribution < -0.4 is 15.5 Å². The fraction of sp³-hybridized carbons (Fsp3) is 0.148. The van der Waals surface area contributed by atoms with Gasteiger partial charge < -0.3 is 10.6 Å². The van der Waals surface area contributed by atoms with Crippen LogP contribution in [0.4, 0.5) is 17.1 Å². The first-order valence-electron chi connectivity index (χ1n) is 11.0. The van der Waals surface area contributed by atoms with E-state index in [9.17, 15) is 14.4 Å². The van der Waals surface area contributed by atoms with Gasteiger partial charge in [0.2, 0.25) is 0 Å². The number of hydrogen-bond donors (Lipinski definition) is 2. The Bertz CT molecular complexity index is 1380. The van der Waals surface area contributed by atoms with Crippen molar-refractivity contribution in [2.24, 2.45) is 0 Å². The number of rotatable bonds is 6. The number of carbonyl (C=O) groups is 3. The van der Waals surface area contributed by atoms with Gasteiger partial charge in [-0.15, -0.1) is 0 Å². The van der Waals surface area contributed by atoms with Gasteiger partial charge in [0.15, 0.2) is 0 Å². The standard InChI is InChI=1S/C27H23Cl2N3O3/c1-15(2)19-10-4-5-12-21(19)31-25(33)17-8-6-9-18(14-17)30-24-23(29)26(34)32(27(24)35)22-13-7-11-20(28)16(22)3/h4-15,30H,1-3H3,(H,31,33). The summed E-state index contributed by atoms with van der Waals surface area (Å²) in [4.78, 5) is 39.9. The molecule has 0 aromatic heterocycles. The van der Waals surface area contributed by atoms with Crippen LogP contribution >= 0.6 is 23.2 Å². The van der Waals surface area contributed by atoms with Gasteiger partial charge in [0.05, 0.1) is 5.69 Å². The van der Waals surface area contributed by atoms with Crippen molar-refractivity contribution in [3.63, 3.8) is 0 Å². The van der Waals surface area contributed by atoms with Crippen molar-refractivity contribution in [1.29, 1.82) is 0 Å². The van der Waals surface area contributed by atoms with Crippen LogP contribution in [-0.4, -0.2) is 17.7 Å².